The average Bonchev–Trinajstić information content (AvgIpc) is 2.98. The Bertz CT molecular complexity index is 1040. The number of nitrogen functional groups attached to an aromatic ring is 1. The molecule has 3 aromatic heterocycles. The lowest BCUT2D eigenvalue weighted by molar-refractivity contribution is 0.404. The molecule has 0 aromatic carbocycles. The van der Waals surface area contributed by atoms with E-state index in [1.54, 1.807) is 7.11 Å². The minimum Gasteiger partial charge on any atom is -0.495 e. The van der Waals surface area contributed by atoms with Gasteiger partial charge in [-0.05, 0) is 53.0 Å². The van der Waals surface area contributed by atoms with Crippen LogP contribution in [0.4, 0.5) is 5.95 Å². The van der Waals surface area contributed by atoms with Gasteiger partial charge in [0.1, 0.15) is 22.5 Å². The van der Waals surface area contributed by atoms with E-state index in [9.17, 15) is 0 Å². The summed E-state index contributed by atoms with van der Waals surface area (Å²) in [6.07, 6.45) is 5.08. The van der Waals surface area contributed by atoms with Gasteiger partial charge in [-0.3, -0.25) is 9.67 Å². The Morgan fingerprint density at radius 3 is 2.96 bits per heavy atom. The number of pyridine rings is 1. The molecular formula is C18H20BrN7O. The van der Waals surface area contributed by atoms with Crippen molar-refractivity contribution in [3.8, 4) is 5.75 Å². The van der Waals surface area contributed by atoms with Gasteiger partial charge in [0, 0.05) is 12.7 Å². The van der Waals surface area contributed by atoms with Gasteiger partial charge < -0.3 is 15.8 Å². The van der Waals surface area contributed by atoms with Crippen LogP contribution in [0.15, 0.2) is 22.9 Å². The molecule has 1 aliphatic rings. The minimum atomic E-state index is 0.232. The first-order valence-electron chi connectivity index (χ1n) is 8.66. The van der Waals surface area contributed by atoms with Crippen molar-refractivity contribution >= 4 is 38.5 Å². The van der Waals surface area contributed by atoms with Crippen molar-refractivity contribution in [2.75, 3.05) is 25.9 Å². The summed E-state index contributed by atoms with van der Waals surface area (Å²) < 4.78 is 8.06. The summed E-state index contributed by atoms with van der Waals surface area (Å²) in [7, 11) is 1.66. The van der Waals surface area contributed by atoms with Crippen LogP contribution >= 0.6 is 15.9 Å². The van der Waals surface area contributed by atoms with Crippen molar-refractivity contribution in [1.29, 1.82) is 0 Å². The number of methoxy groups -OCH3 is 1. The number of fused-ring (bicyclic) bond motifs is 1. The molecule has 0 aliphatic carbocycles. The second-order valence-corrected chi connectivity index (χ2v) is 7.12. The Balaban J connectivity index is 1.73. The van der Waals surface area contributed by atoms with Crippen LogP contribution in [-0.2, 0) is 6.54 Å². The van der Waals surface area contributed by atoms with Crippen LogP contribution in [0.3, 0.4) is 0 Å². The number of rotatable bonds is 4. The molecule has 27 heavy (non-hydrogen) atoms. The van der Waals surface area contributed by atoms with Gasteiger partial charge in [-0.25, -0.2) is 9.97 Å². The maximum absolute atomic E-state index is 5.77. The lowest BCUT2D eigenvalue weighted by Crippen LogP contribution is -2.20. The molecule has 0 unspecified atom stereocenters. The Morgan fingerprint density at radius 2 is 2.22 bits per heavy atom. The molecule has 0 atom stereocenters. The molecule has 1 aliphatic heterocycles. The van der Waals surface area contributed by atoms with E-state index in [0.29, 0.717) is 16.7 Å². The lowest BCUT2D eigenvalue weighted by Gasteiger charge is -2.16. The highest BCUT2D eigenvalue weighted by Crippen LogP contribution is 2.28. The zero-order valence-corrected chi connectivity index (χ0v) is 16.7. The molecule has 0 spiro atoms. The Morgan fingerprint density at radius 1 is 1.37 bits per heavy atom. The van der Waals surface area contributed by atoms with E-state index in [1.807, 2.05) is 23.9 Å². The summed E-state index contributed by atoms with van der Waals surface area (Å²) in [4.78, 5) is 13.2. The molecule has 9 heteroatoms. The van der Waals surface area contributed by atoms with E-state index in [4.69, 9.17) is 10.5 Å². The first-order chi connectivity index (χ1) is 13.1. The van der Waals surface area contributed by atoms with Crippen LogP contribution in [0.2, 0.25) is 0 Å². The Kier molecular flexibility index (Phi) is 4.79. The van der Waals surface area contributed by atoms with Gasteiger partial charge in [0.15, 0.2) is 4.60 Å². The Labute approximate surface area is 165 Å². The van der Waals surface area contributed by atoms with Crippen LogP contribution in [-0.4, -0.2) is 44.9 Å². The molecule has 0 fully saturated rings. The van der Waals surface area contributed by atoms with E-state index in [2.05, 4.69) is 47.4 Å². The van der Waals surface area contributed by atoms with E-state index in [0.717, 1.165) is 47.7 Å². The molecular weight excluding hydrogens is 410 g/mol. The van der Waals surface area contributed by atoms with E-state index in [-0.39, 0.29) is 5.95 Å². The van der Waals surface area contributed by atoms with Crippen LogP contribution in [0, 0.1) is 6.92 Å². The first-order valence-corrected chi connectivity index (χ1v) is 9.45. The van der Waals surface area contributed by atoms with Gasteiger partial charge in [-0.1, -0.05) is 6.08 Å². The quantitative estimate of drug-likeness (QED) is 0.655. The van der Waals surface area contributed by atoms with Crippen molar-refractivity contribution in [3.05, 3.63) is 39.9 Å². The molecule has 140 valence electrons. The van der Waals surface area contributed by atoms with Crippen LogP contribution in [0.1, 0.15) is 23.4 Å². The SMILES string of the molecule is COc1cc(C2=CCNCC2)cnc1Cn1nc(Br)c2nc(N)nc(C)c21. The summed E-state index contributed by atoms with van der Waals surface area (Å²) >= 11 is 3.46. The van der Waals surface area contributed by atoms with Gasteiger partial charge in [0.25, 0.3) is 0 Å². The van der Waals surface area contributed by atoms with Gasteiger partial charge >= 0.3 is 0 Å². The summed E-state index contributed by atoms with van der Waals surface area (Å²) in [6.45, 7) is 4.20. The van der Waals surface area contributed by atoms with E-state index in [1.165, 1.54) is 5.57 Å². The standard InChI is InChI=1S/C18H20BrN7O/c1-10-16-15(24-18(20)23-10)17(19)25-26(16)9-13-14(27-2)7-12(8-22-13)11-3-5-21-6-4-11/h3,7-8,21H,4-6,9H2,1-2H3,(H2,20,23,24). The second kappa shape index (κ2) is 7.24. The number of ether oxygens (including phenoxy) is 1. The largest absolute Gasteiger partial charge is 0.495 e. The molecule has 0 saturated carbocycles. The molecule has 4 heterocycles. The maximum atomic E-state index is 5.77. The molecule has 3 aromatic rings. The molecule has 0 radical (unpaired) electrons. The van der Waals surface area contributed by atoms with E-state index >= 15 is 0 Å². The fraction of sp³-hybridized carbons (Fsp3) is 0.333. The molecule has 3 N–H and O–H groups in total. The lowest BCUT2D eigenvalue weighted by atomic mass is 10.0. The van der Waals surface area contributed by atoms with Crippen molar-refractivity contribution in [3.63, 3.8) is 0 Å². The highest BCUT2D eigenvalue weighted by atomic mass is 79.9. The van der Waals surface area contributed by atoms with E-state index < -0.39 is 0 Å². The number of nitrogens with zero attached hydrogens (tertiary/aromatic N) is 5. The summed E-state index contributed by atoms with van der Waals surface area (Å²) in [5.41, 5.74) is 11.2. The minimum absolute atomic E-state index is 0.232. The highest BCUT2D eigenvalue weighted by molar-refractivity contribution is 9.10. The smallest absolute Gasteiger partial charge is 0.221 e. The fourth-order valence-electron chi connectivity index (χ4n) is 3.33. The summed E-state index contributed by atoms with van der Waals surface area (Å²) in [5, 5.41) is 7.86. The number of aromatic nitrogens is 5. The third kappa shape index (κ3) is 3.40. The molecule has 0 saturated heterocycles. The predicted octanol–water partition coefficient (Wildman–Crippen LogP) is 2.31. The number of nitrogens with two attached hydrogens (primary N) is 1. The predicted molar refractivity (Wildman–Crippen MR) is 108 cm³/mol. The van der Waals surface area contributed by atoms with Crippen LogP contribution < -0.4 is 15.8 Å². The second-order valence-electron chi connectivity index (χ2n) is 6.37. The third-order valence-electron chi connectivity index (χ3n) is 4.62. The highest BCUT2D eigenvalue weighted by Gasteiger charge is 2.17. The Hall–Kier alpha value is -2.52. The van der Waals surface area contributed by atoms with Crippen molar-refractivity contribution in [2.24, 2.45) is 0 Å². The zero-order valence-electron chi connectivity index (χ0n) is 15.2. The molecule has 4 rings (SSSR count). The van der Waals surface area contributed by atoms with Gasteiger partial charge in [0.05, 0.1) is 19.3 Å². The van der Waals surface area contributed by atoms with Crippen molar-refractivity contribution in [1.82, 2.24) is 30.0 Å². The average molecular weight is 430 g/mol. The van der Waals surface area contributed by atoms with Crippen molar-refractivity contribution in [2.45, 2.75) is 19.9 Å². The summed E-state index contributed by atoms with van der Waals surface area (Å²) in [6, 6.07) is 2.04. The molecule has 0 amide bonds. The number of aryl methyl sites for hydroxylation is 1. The van der Waals surface area contributed by atoms with Gasteiger partial charge in [-0.15, -0.1) is 0 Å². The van der Waals surface area contributed by atoms with Crippen LogP contribution in [0.25, 0.3) is 16.6 Å². The summed E-state index contributed by atoms with van der Waals surface area (Å²) in [5.74, 6) is 0.969. The zero-order chi connectivity index (χ0) is 19.0. The molecule has 8 nitrogen and oxygen atoms in total. The number of hydrogen-bond acceptors (Lipinski definition) is 7. The maximum Gasteiger partial charge on any atom is 0.221 e. The van der Waals surface area contributed by atoms with Gasteiger partial charge in [0.2, 0.25) is 5.95 Å². The molecule has 0 bridgehead atoms. The number of anilines is 1. The number of halogens is 1. The number of hydrogen-bond donors (Lipinski definition) is 2. The number of nitrogens with one attached hydrogen (secondary N) is 1. The first kappa shape index (κ1) is 17.9. The monoisotopic (exact) mass is 429 g/mol. The third-order valence-corrected chi connectivity index (χ3v) is 5.16. The normalized spacial score (nSPS) is 14.4. The van der Waals surface area contributed by atoms with Gasteiger partial charge in [-0.2, -0.15) is 5.10 Å². The fourth-order valence-corrected chi connectivity index (χ4v) is 3.80. The van der Waals surface area contributed by atoms with Crippen molar-refractivity contribution < 1.29 is 4.74 Å². The van der Waals surface area contributed by atoms with Crippen LogP contribution in [0.5, 0.6) is 5.75 Å². The topological polar surface area (TPSA) is 104 Å².